The van der Waals surface area contributed by atoms with Crippen LogP contribution in [0.3, 0.4) is 0 Å². The second-order valence-electron chi connectivity index (χ2n) is 3.86. The Labute approximate surface area is 108 Å². The second-order valence-corrected chi connectivity index (χ2v) is 3.86. The smallest absolute Gasteiger partial charge is 0.255 e. The van der Waals surface area contributed by atoms with Crippen molar-refractivity contribution in [1.29, 1.82) is 0 Å². The van der Waals surface area contributed by atoms with Crippen LogP contribution in [-0.4, -0.2) is 26.3 Å². The second kappa shape index (κ2) is 4.77. The number of anilines is 1. The van der Waals surface area contributed by atoms with Crippen molar-refractivity contribution in [2.45, 2.75) is 0 Å². The van der Waals surface area contributed by atoms with Gasteiger partial charge in [0.2, 0.25) is 0 Å². The highest BCUT2D eigenvalue weighted by molar-refractivity contribution is 6.04. The van der Waals surface area contributed by atoms with Crippen molar-refractivity contribution in [3.05, 3.63) is 42.0 Å². The molecule has 0 atom stereocenters. The molecule has 98 valence electrons. The molecule has 0 aliphatic heterocycles. The fourth-order valence-corrected chi connectivity index (χ4v) is 1.47. The van der Waals surface area contributed by atoms with E-state index in [0.29, 0.717) is 0 Å². The molecule has 0 fully saturated rings. The molecule has 6 heteroatoms. The number of phenols is 4. The van der Waals surface area contributed by atoms with Crippen LogP contribution in [0.2, 0.25) is 0 Å². The summed E-state index contributed by atoms with van der Waals surface area (Å²) in [6.07, 6.45) is 0. The van der Waals surface area contributed by atoms with Crippen molar-refractivity contribution in [1.82, 2.24) is 0 Å². The molecule has 0 unspecified atom stereocenters. The van der Waals surface area contributed by atoms with Crippen LogP contribution in [0.4, 0.5) is 5.69 Å². The molecule has 0 saturated carbocycles. The first-order chi connectivity index (χ1) is 8.97. The minimum atomic E-state index is -0.527. The zero-order chi connectivity index (χ0) is 14.0. The lowest BCUT2D eigenvalue weighted by Gasteiger charge is -2.07. The molecule has 6 nitrogen and oxygen atoms in total. The molecule has 1 amide bonds. The Morgan fingerprint density at radius 2 is 1.37 bits per heavy atom. The maximum Gasteiger partial charge on any atom is 0.255 e. The Hall–Kier alpha value is -2.89. The first kappa shape index (κ1) is 12.6. The molecular weight excluding hydrogens is 250 g/mol. The van der Waals surface area contributed by atoms with Gasteiger partial charge in [-0.05, 0) is 30.3 Å². The standard InChI is InChI=1S/C13H11NO5/c15-9-3-1-7(5-11(9)17)13(19)14-8-2-4-10(16)12(18)6-8/h1-6,15-18H,(H,14,19). The van der Waals surface area contributed by atoms with Gasteiger partial charge in [-0.1, -0.05) is 0 Å². The van der Waals surface area contributed by atoms with Crippen LogP contribution in [0.15, 0.2) is 36.4 Å². The Balaban J connectivity index is 2.20. The number of benzene rings is 2. The predicted molar refractivity (Wildman–Crippen MR) is 67.5 cm³/mol. The SMILES string of the molecule is O=C(Nc1ccc(O)c(O)c1)c1ccc(O)c(O)c1. The Bertz CT molecular complexity index is 639. The summed E-state index contributed by atoms with van der Waals surface area (Å²) in [5, 5.41) is 39.3. The third-order valence-electron chi connectivity index (χ3n) is 2.47. The predicted octanol–water partition coefficient (Wildman–Crippen LogP) is 1.76. The quantitative estimate of drug-likeness (QED) is 0.418. The molecule has 0 aliphatic rings. The fourth-order valence-electron chi connectivity index (χ4n) is 1.47. The van der Waals surface area contributed by atoms with E-state index >= 15 is 0 Å². The third kappa shape index (κ3) is 2.68. The van der Waals surface area contributed by atoms with E-state index in [-0.39, 0.29) is 28.5 Å². The number of amides is 1. The molecule has 2 aromatic carbocycles. The van der Waals surface area contributed by atoms with E-state index in [1.54, 1.807) is 0 Å². The van der Waals surface area contributed by atoms with Gasteiger partial charge in [-0.2, -0.15) is 0 Å². The van der Waals surface area contributed by atoms with Crippen molar-refractivity contribution < 1.29 is 25.2 Å². The molecule has 0 aromatic heterocycles. The van der Waals surface area contributed by atoms with Gasteiger partial charge >= 0.3 is 0 Å². The lowest BCUT2D eigenvalue weighted by molar-refractivity contribution is 0.102. The average molecular weight is 261 g/mol. The average Bonchev–Trinajstić information content (AvgIpc) is 2.37. The van der Waals surface area contributed by atoms with Gasteiger partial charge in [0, 0.05) is 17.3 Å². The Morgan fingerprint density at radius 1 is 0.789 bits per heavy atom. The highest BCUT2D eigenvalue weighted by Gasteiger charge is 2.10. The molecule has 0 heterocycles. The highest BCUT2D eigenvalue weighted by Crippen LogP contribution is 2.28. The minimum Gasteiger partial charge on any atom is -0.504 e. The van der Waals surface area contributed by atoms with Crippen LogP contribution in [0.25, 0.3) is 0 Å². The van der Waals surface area contributed by atoms with E-state index in [4.69, 9.17) is 10.2 Å². The number of hydrogen-bond donors (Lipinski definition) is 5. The molecule has 0 bridgehead atoms. The van der Waals surface area contributed by atoms with Gasteiger partial charge in [0.15, 0.2) is 23.0 Å². The molecule has 0 saturated heterocycles. The van der Waals surface area contributed by atoms with Crippen LogP contribution in [0.1, 0.15) is 10.4 Å². The minimum absolute atomic E-state index is 0.142. The summed E-state index contributed by atoms with van der Waals surface area (Å²) in [5.74, 6) is -1.90. The summed E-state index contributed by atoms with van der Waals surface area (Å²) in [6, 6.07) is 7.48. The number of rotatable bonds is 2. The first-order valence-electron chi connectivity index (χ1n) is 5.32. The van der Waals surface area contributed by atoms with Crippen LogP contribution < -0.4 is 5.32 Å². The van der Waals surface area contributed by atoms with Gasteiger partial charge < -0.3 is 25.7 Å². The number of carbonyl (C=O) groups excluding carboxylic acids is 1. The topological polar surface area (TPSA) is 110 Å². The van der Waals surface area contributed by atoms with Crippen LogP contribution in [0, 0.1) is 0 Å². The Kier molecular flexibility index (Phi) is 3.15. The summed E-state index contributed by atoms with van der Waals surface area (Å²) in [7, 11) is 0. The van der Waals surface area contributed by atoms with E-state index in [9.17, 15) is 15.0 Å². The van der Waals surface area contributed by atoms with Crippen molar-refractivity contribution in [2.75, 3.05) is 5.32 Å². The number of nitrogens with one attached hydrogen (secondary N) is 1. The van der Waals surface area contributed by atoms with Crippen molar-refractivity contribution in [3.8, 4) is 23.0 Å². The van der Waals surface area contributed by atoms with Gasteiger partial charge in [0.05, 0.1) is 0 Å². The lowest BCUT2D eigenvalue weighted by Crippen LogP contribution is -2.11. The summed E-state index contributed by atoms with van der Waals surface area (Å²) >= 11 is 0. The largest absolute Gasteiger partial charge is 0.504 e. The number of hydrogen-bond acceptors (Lipinski definition) is 5. The molecule has 0 spiro atoms. The highest BCUT2D eigenvalue weighted by atomic mass is 16.3. The monoisotopic (exact) mass is 261 g/mol. The Morgan fingerprint density at radius 3 is 1.95 bits per heavy atom. The summed E-state index contributed by atoms with van der Waals surface area (Å²) in [5.41, 5.74) is 0.427. The van der Waals surface area contributed by atoms with E-state index in [1.165, 1.54) is 30.3 Å². The van der Waals surface area contributed by atoms with Crippen LogP contribution >= 0.6 is 0 Å². The van der Waals surface area contributed by atoms with Crippen molar-refractivity contribution >= 4 is 11.6 Å². The maximum absolute atomic E-state index is 11.8. The maximum atomic E-state index is 11.8. The molecule has 0 radical (unpaired) electrons. The molecule has 5 N–H and O–H groups in total. The number of phenolic OH excluding ortho intramolecular Hbond substituents is 4. The molecule has 2 aromatic rings. The van der Waals surface area contributed by atoms with E-state index in [2.05, 4.69) is 5.32 Å². The number of aromatic hydroxyl groups is 4. The molecule has 0 aliphatic carbocycles. The van der Waals surface area contributed by atoms with Crippen molar-refractivity contribution in [2.24, 2.45) is 0 Å². The third-order valence-corrected chi connectivity index (χ3v) is 2.47. The molecule has 19 heavy (non-hydrogen) atoms. The first-order valence-corrected chi connectivity index (χ1v) is 5.32. The number of carbonyl (C=O) groups is 1. The van der Waals surface area contributed by atoms with Gasteiger partial charge in [0.1, 0.15) is 0 Å². The summed E-state index contributed by atoms with van der Waals surface area (Å²) in [4.78, 5) is 11.8. The normalized spacial score (nSPS) is 10.1. The zero-order valence-corrected chi connectivity index (χ0v) is 9.66. The van der Waals surface area contributed by atoms with Gasteiger partial charge in [-0.25, -0.2) is 0 Å². The van der Waals surface area contributed by atoms with Gasteiger partial charge in [-0.3, -0.25) is 4.79 Å². The van der Waals surface area contributed by atoms with Crippen LogP contribution in [-0.2, 0) is 0 Å². The van der Waals surface area contributed by atoms with E-state index in [1.807, 2.05) is 0 Å². The molecule has 2 rings (SSSR count). The van der Waals surface area contributed by atoms with E-state index < -0.39 is 11.7 Å². The van der Waals surface area contributed by atoms with Gasteiger partial charge in [0.25, 0.3) is 5.91 Å². The summed E-state index contributed by atoms with van der Waals surface area (Å²) in [6.45, 7) is 0. The van der Waals surface area contributed by atoms with Crippen LogP contribution in [0.5, 0.6) is 23.0 Å². The van der Waals surface area contributed by atoms with E-state index in [0.717, 1.165) is 6.07 Å². The lowest BCUT2D eigenvalue weighted by atomic mass is 10.2. The fraction of sp³-hybridized carbons (Fsp3) is 0. The van der Waals surface area contributed by atoms with Crippen molar-refractivity contribution in [3.63, 3.8) is 0 Å². The zero-order valence-electron chi connectivity index (χ0n) is 9.66. The summed E-state index contributed by atoms with van der Waals surface area (Å²) < 4.78 is 0. The molecular formula is C13H11NO5. The van der Waals surface area contributed by atoms with Gasteiger partial charge in [-0.15, -0.1) is 0 Å².